The van der Waals surface area contributed by atoms with Gasteiger partial charge in [0, 0.05) is 29.4 Å². The standard InChI is InChI=1S/C28H27FN6O2/c1-18-12-20(5-6-26(18)37-16-21-4-2-3-9-31-21)34-28-22-14-25(23(29)15-24(22)32-17-33-28)35-27(36)13-19-7-10-30-11-8-19/h2-6,9,12-15,17,30H,7-8,10-11,16H2,1H3,(H,35,36)(H,32,33,34). The van der Waals surface area contributed by atoms with Crippen LogP contribution in [-0.2, 0) is 11.4 Å². The molecule has 1 aliphatic rings. The van der Waals surface area contributed by atoms with Crippen LogP contribution in [0.15, 0.2) is 72.7 Å². The van der Waals surface area contributed by atoms with E-state index in [1.165, 1.54) is 12.4 Å². The summed E-state index contributed by atoms with van der Waals surface area (Å²) in [7, 11) is 0. The second kappa shape index (κ2) is 11.1. The van der Waals surface area contributed by atoms with Gasteiger partial charge in [0.25, 0.3) is 0 Å². The Bertz CT molecular complexity index is 1450. The predicted octanol–water partition coefficient (Wildman–Crippen LogP) is 5.04. The SMILES string of the molecule is Cc1cc(Nc2ncnc3cc(F)c(NC(=O)C=C4CCNCC4)cc23)ccc1OCc1ccccn1. The van der Waals surface area contributed by atoms with Crippen molar-refractivity contribution in [3.05, 3.63) is 89.8 Å². The summed E-state index contributed by atoms with van der Waals surface area (Å²) in [6.07, 6.45) is 6.29. The Balaban J connectivity index is 1.34. The number of carbonyl (C=O) groups is 1. The second-order valence-corrected chi connectivity index (χ2v) is 8.83. The number of pyridine rings is 1. The fraction of sp³-hybridized carbons (Fsp3) is 0.214. The Morgan fingerprint density at radius 3 is 2.76 bits per heavy atom. The van der Waals surface area contributed by atoms with Gasteiger partial charge in [0.05, 0.1) is 16.9 Å². The van der Waals surface area contributed by atoms with Crippen molar-refractivity contribution in [3.8, 4) is 5.75 Å². The molecule has 0 atom stereocenters. The molecule has 1 fully saturated rings. The average molecular weight is 499 g/mol. The van der Waals surface area contributed by atoms with Crippen LogP contribution in [0, 0.1) is 12.7 Å². The molecule has 188 valence electrons. The normalized spacial score (nSPS) is 13.3. The molecule has 0 saturated carbocycles. The van der Waals surface area contributed by atoms with Gasteiger partial charge in [-0.15, -0.1) is 0 Å². The highest BCUT2D eigenvalue weighted by atomic mass is 19.1. The molecule has 0 unspecified atom stereocenters. The summed E-state index contributed by atoms with van der Waals surface area (Å²) in [6.45, 7) is 4.01. The molecular weight excluding hydrogens is 471 g/mol. The van der Waals surface area contributed by atoms with Crippen molar-refractivity contribution in [1.29, 1.82) is 0 Å². The van der Waals surface area contributed by atoms with E-state index in [0.717, 1.165) is 54.2 Å². The lowest BCUT2D eigenvalue weighted by Crippen LogP contribution is -2.24. The van der Waals surface area contributed by atoms with E-state index in [9.17, 15) is 9.18 Å². The molecule has 37 heavy (non-hydrogen) atoms. The molecule has 8 nitrogen and oxygen atoms in total. The minimum atomic E-state index is -0.556. The molecule has 1 amide bonds. The molecule has 0 bridgehead atoms. The zero-order valence-electron chi connectivity index (χ0n) is 20.4. The molecule has 0 aliphatic carbocycles. The highest BCUT2D eigenvalue weighted by Gasteiger charge is 2.14. The zero-order valence-corrected chi connectivity index (χ0v) is 20.4. The molecule has 9 heteroatoms. The van der Waals surface area contributed by atoms with E-state index in [1.807, 2.05) is 43.3 Å². The maximum atomic E-state index is 14.8. The fourth-order valence-corrected chi connectivity index (χ4v) is 4.18. The Labute approximate surface area is 214 Å². The number of carbonyl (C=O) groups excluding carboxylic acids is 1. The third kappa shape index (κ3) is 6.07. The quantitative estimate of drug-likeness (QED) is 0.307. The van der Waals surface area contributed by atoms with Gasteiger partial charge < -0.3 is 20.7 Å². The molecule has 5 rings (SSSR count). The van der Waals surface area contributed by atoms with Crippen LogP contribution >= 0.6 is 0 Å². The lowest BCUT2D eigenvalue weighted by atomic mass is 10.1. The smallest absolute Gasteiger partial charge is 0.248 e. The van der Waals surface area contributed by atoms with E-state index >= 15 is 0 Å². The summed E-state index contributed by atoms with van der Waals surface area (Å²) < 4.78 is 20.7. The molecule has 4 aromatic rings. The third-order valence-electron chi connectivity index (χ3n) is 6.10. The molecule has 3 N–H and O–H groups in total. The Hall–Kier alpha value is -4.37. The maximum absolute atomic E-state index is 14.8. The van der Waals surface area contributed by atoms with Gasteiger partial charge in [-0.1, -0.05) is 11.6 Å². The first-order valence-electron chi connectivity index (χ1n) is 12.1. The summed E-state index contributed by atoms with van der Waals surface area (Å²) in [5.41, 5.74) is 4.12. The van der Waals surface area contributed by atoms with E-state index in [-0.39, 0.29) is 11.6 Å². The largest absolute Gasteiger partial charge is 0.487 e. The van der Waals surface area contributed by atoms with Crippen molar-refractivity contribution in [2.24, 2.45) is 0 Å². The summed E-state index contributed by atoms with van der Waals surface area (Å²) in [6, 6.07) is 14.3. The summed E-state index contributed by atoms with van der Waals surface area (Å²) in [4.78, 5) is 25.3. The summed E-state index contributed by atoms with van der Waals surface area (Å²) in [5, 5.41) is 9.79. The molecule has 0 radical (unpaired) electrons. The number of hydrogen-bond donors (Lipinski definition) is 3. The second-order valence-electron chi connectivity index (χ2n) is 8.83. The monoisotopic (exact) mass is 498 g/mol. The number of nitrogens with one attached hydrogen (secondary N) is 3. The van der Waals surface area contributed by atoms with Crippen molar-refractivity contribution < 1.29 is 13.9 Å². The van der Waals surface area contributed by atoms with E-state index < -0.39 is 5.82 Å². The van der Waals surface area contributed by atoms with Gasteiger partial charge in [-0.25, -0.2) is 14.4 Å². The van der Waals surface area contributed by atoms with Gasteiger partial charge >= 0.3 is 0 Å². The van der Waals surface area contributed by atoms with Gasteiger partial charge in [0.2, 0.25) is 5.91 Å². The van der Waals surface area contributed by atoms with E-state index in [2.05, 4.69) is 30.9 Å². The predicted molar refractivity (Wildman–Crippen MR) is 141 cm³/mol. The van der Waals surface area contributed by atoms with Crippen molar-refractivity contribution in [2.75, 3.05) is 23.7 Å². The Morgan fingerprint density at radius 1 is 1.11 bits per heavy atom. The van der Waals surface area contributed by atoms with E-state index in [4.69, 9.17) is 4.74 Å². The lowest BCUT2D eigenvalue weighted by molar-refractivity contribution is -0.112. The van der Waals surface area contributed by atoms with Crippen LogP contribution in [0.1, 0.15) is 24.1 Å². The van der Waals surface area contributed by atoms with E-state index in [1.54, 1.807) is 18.3 Å². The highest BCUT2D eigenvalue weighted by Crippen LogP contribution is 2.30. The minimum Gasteiger partial charge on any atom is -0.487 e. The van der Waals surface area contributed by atoms with Crippen molar-refractivity contribution in [3.63, 3.8) is 0 Å². The number of hydrogen-bond acceptors (Lipinski definition) is 7. The van der Waals surface area contributed by atoms with Crippen LogP contribution in [0.4, 0.5) is 21.6 Å². The Morgan fingerprint density at radius 2 is 1.97 bits per heavy atom. The van der Waals surface area contributed by atoms with Gasteiger partial charge in [-0.2, -0.15) is 0 Å². The van der Waals surface area contributed by atoms with Gasteiger partial charge in [0.15, 0.2) is 0 Å². The number of piperidine rings is 1. The first kappa shape index (κ1) is 24.3. The molecule has 3 heterocycles. The number of aromatic nitrogens is 3. The van der Waals surface area contributed by atoms with Gasteiger partial charge in [-0.05, 0) is 74.8 Å². The van der Waals surface area contributed by atoms with Crippen LogP contribution in [0.5, 0.6) is 5.75 Å². The highest BCUT2D eigenvalue weighted by molar-refractivity contribution is 6.02. The molecule has 2 aromatic heterocycles. The lowest BCUT2D eigenvalue weighted by Gasteiger charge is -2.15. The first-order valence-corrected chi connectivity index (χ1v) is 12.1. The Kier molecular flexibility index (Phi) is 7.32. The number of halogens is 1. The molecular formula is C28H27FN6O2. The number of rotatable bonds is 7. The maximum Gasteiger partial charge on any atom is 0.248 e. The number of nitrogens with zero attached hydrogens (tertiary/aromatic N) is 3. The third-order valence-corrected chi connectivity index (χ3v) is 6.10. The van der Waals surface area contributed by atoms with Crippen LogP contribution in [-0.4, -0.2) is 33.9 Å². The molecule has 0 spiro atoms. The van der Waals surface area contributed by atoms with E-state index in [0.29, 0.717) is 23.3 Å². The molecule has 1 aliphatic heterocycles. The number of amides is 1. The number of benzene rings is 2. The van der Waals surface area contributed by atoms with Crippen molar-refractivity contribution in [2.45, 2.75) is 26.4 Å². The fourth-order valence-electron chi connectivity index (χ4n) is 4.18. The topological polar surface area (TPSA) is 101 Å². The van der Waals surface area contributed by atoms with Gasteiger partial charge in [0.1, 0.15) is 30.3 Å². The molecule has 2 aromatic carbocycles. The number of ether oxygens (including phenoxy) is 1. The average Bonchev–Trinajstić information content (AvgIpc) is 2.90. The minimum absolute atomic E-state index is 0.0792. The van der Waals surface area contributed by atoms with Crippen molar-refractivity contribution in [1.82, 2.24) is 20.3 Å². The van der Waals surface area contributed by atoms with Crippen LogP contribution < -0.4 is 20.7 Å². The first-order chi connectivity index (χ1) is 18.0. The number of anilines is 3. The van der Waals surface area contributed by atoms with Crippen LogP contribution in [0.25, 0.3) is 10.9 Å². The molecule has 1 saturated heterocycles. The number of fused-ring (bicyclic) bond motifs is 1. The number of aryl methyl sites for hydroxylation is 1. The summed E-state index contributed by atoms with van der Waals surface area (Å²) in [5.74, 6) is 0.343. The summed E-state index contributed by atoms with van der Waals surface area (Å²) >= 11 is 0. The zero-order chi connectivity index (χ0) is 25.6. The van der Waals surface area contributed by atoms with Crippen LogP contribution in [0.2, 0.25) is 0 Å². The van der Waals surface area contributed by atoms with Gasteiger partial charge in [-0.3, -0.25) is 9.78 Å². The van der Waals surface area contributed by atoms with Crippen LogP contribution in [0.3, 0.4) is 0 Å². The van der Waals surface area contributed by atoms with Crippen molar-refractivity contribution >= 4 is 34.0 Å².